The highest BCUT2D eigenvalue weighted by Crippen LogP contribution is 2.28. The molecule has 0 bridgehead atoms. The molecule has 1 aliphatic carbocycles. The van der Waals surface area contributed by atoms with Crippen molar-refractivity contribution in [1.82, 2.24) is 9.78 Å². The van der Waals surface area contributed by atoms with Gasteiger partial charge in [0.15, 0.2) is 0 Å². The second kappa shape index (κ2) is 5.67. The minimum atomic E-state index is 0.218. The predicted octanol–water partition coefficient (Wildman–Crippen LogP) is 2.62. The molecule has 1 aromatic heterocycles. The smallest absolute Gasteiger partial charge is 0.0629 e. The van der Waals surface area contributed by atoms with Gasteiger partial charge in [0, 0.05) is 18.8 Å². The zero-order chi connectivity index (χ0) is 12.3. The van der Waals surface area contributed by atoms with Crippen LogP contribution in [0.25, 0.3) is 0 Å². The summed E-state index contributed by atoms with van der Waals surface area (Å²) in [4.78, 5) is 0. The Balaban J connectivity index is 1.97. The first-order valence-corrected chi connectivity index (χ1v) is 6.86. The molecular weight excluding hydrogens is 212 g/mol. The van der Waals surface area contributed by atoms with Crippen molar-refractivity contribution < 1.29 is 5.11 Å². The number of hydrogen-bond acceptors (Lipinski definition) is 2. The standard InChI is InChI=1S/C14H24N2O/c1-11-14(8-10-17)12(2)16(15-11)9-7-13-5-3-4-6-13/h13,17H,3-10H2,1-2H3. The minimum absolute atomic E-state index is 0.218. The summed E-state index contributed by atoms with van der Waals surface area (Å²) < 4.78 is 2.14. The number of nitrogens with zero attached hydrogens (tertiary/aromatic N) is 2. The fourth-order valence-electron chi connectivity index (χ4n) is 3.03. The fourth-order valence-corrected chi connectivity index (χ4v) is 3.03. The lowest BCUT2D eigenvalue weighted by molar-refractivity contribution is 0.299. The van der Waals surface area contributed by atoms with Crippen LogP contribution < -0.4 is 0 Å². The molecule has 3 nitrogen and oxygen atoms in total. The van der Waals surface area contributed by atoms with Gasteiger partial charge in [0.1, 0.15) is 0 Å². The first-order chi connectivity index (χ1) is 8.22. The van der Waals surface area contributed by atoms with Crippen molar-refractivity contribution in [3.05, 3.63) is 17.0 Å². The van der Waals surface area contributed by atoms with Crippen LogP contribution in [0.4, 0.5) is 0 Å². The lowest BCUT2D eigenvalue weighted by Gasteiger charge is -2.10. The van der Waals surface area contributed by atoms with Gasteiger partial charge in [0.2, 0.25) is 0 Å². The second-order valence-corrected chi connectivity index (χ2v) is 5.29. The highest BCUT2D eigenvalue weighted by Gasteiger charge is 2.16. The number of aliphatic hydroxyl groups is 1. The van der Waals surface area contributed by atoms with E-state index in [2.05, 4.69) is 16.7 Å². The Labute approximate surface area is 104 Å². The predicted molar refractivity (Wildman–Crippen MR) is 69.1 cm³/mol. The van der Waals surface area contributed by atoms with E-state index in [-0.39, 0.29) is 6.61 Å². The van der Waals surface area contributed by atoms with Gasteiger partial charge < -0.3 is 5.11 Å². The van der Waals surface area contributed by atoms with Crippen LogP contribution in [0.3, 0.4) is 0 Å². The molecule has 2 rings (SSSR count). The molecule has 1 aliphatic rings. The Bertz CT molecular complexity index is 365. The van der Waals surface area contributed by atoms with Crippen molar-refractivity contribution in [3.63, 3.8) is 0 Å². The third-order valence-electron chi connectivity index (χ3n) is 4.12. The Kier molecular flexibility index (Phi) is 4.21. The van der Waals surface area contributed by atoms with E-state index in [4.69, 9.17) is 5.11 Å². The molecule has 0 spiro atoms. The molecule has 1 aromatic rings. The molecule has 1 N–H and O–H groups in total. The fraction of sp³-hybridized carbons (Fsp3) is 0.786. The maximum atomic E-state index is 9.04. The number of aromatic nitrogens is 2. The Morgan fingerprint density at radius 2 is 2.00 bits per heavy atom. The van der Waals surface area contributed by atoms with Crippen LogP contribution in [0.15, 0.2) is 0 Å². The maximum absolute atomic E-state index is 9.04. The highest BCUT2D eigenvalue weighted by molar-refractivity contribution is 5.24. The molecular formula is C14H24N2O. The molecule has 1 saturated carbocycles. The van der Waals surface area contributed by atoms with Gasteiger partial charge in [-0.15, -0.1) is 0 Å². The molecule has 1 heterocycles. The van der Waals surface area contributed by atoms with Gasteiger partial charge in [-0.3, -0.25) is 4.68 Å². The number of rotatable bonds is 5. The van der Waals surface area contributed by atoms with Crippen molar-refractivity contribution in [2.45, 2.75) is 58.9 Å². The SMILES string of the molecule is Cc1nn(CCC2CCCC2)c(C)c1CCO. The molecule has 96 valence electrons. The van der Waals surface area contributed by atoms with Gasteiger partial charge in [-0.05, 0) is 38.2 Å². The van der Waals surface area contributed by atoms with Gasteiger partial charge in [-0.1, -0.05) is 25.7 Å². The van der Waals surface area contributed by atoms with E-state index in [1.54, 1.807) is 0 Å². The van der Waals surface area contributed by atoms with E-state index < -0.39 is 0 Å². The van der Waals surface area contributed by atoms with Crippen molar-refractivity contribution >= 4 is 0 Å². The quantitative estimate of drug-likeness (QED) is 0.853. The van der Waals surface area contributed by atoms with E-state index >= 15 is 0 Å². The summed E-state index contributed by atoms with van der Waals surface area (Å²) in [6.45, 7) is 5.43. The largest absolute Gasteiger partial charge is 0.396 e. The summed E-state index contributed by atoms with van der Waals surface area (Å²) in [5.41, 5.74) is 3.57. The molecule has 1 fully saturated rings. The van der Waals surface area contributed by atoms with Crippen LogP contribution >= 0.6 is 0 Å². The molecule has 0 unspecified atom stereocenters. The lowest BCUT2D eigenvalue weighted by atomic mass is 10.0. The van der Waals surface area contributed by atoms with Gasteiger partial charge in [0.05, 0.1) is 5.69 Å². The van der Waals surface area contributed by atoms with Crippen LogP contribution in [-0.2, 0) is 13.0 Å². The monoisotopic (exact) mass is 236 g/mol. The summed E-state index contributed by atoms with van der Waals surface area (Å²) in [6, 6.07) is 0. The molecule has 0 amide bonds. The minimum Gasteiger partial charge on any atom is -0.396 e. The molecule has 3 heteroatoms. The topological polar surface area (TPSA) is 38.0 Å². The Morgan fingerprint density at radius 3 is 2.65 bits per heavy atom. The van der Waals surface area contributed by atoms with Crippen molar-refractivity contribution in [3.8, 4) is 0 Å². The molecule has 0 aromatic carbocycles. The Hall–Kier alpha value is -0.830. The number of hydrogen-bond donors (Lipinski definition) is 1. The summed E-state index contributed by atoms with van der Waals surface area (Å²) >= 11 is 0. The van der Waals surface area contributed by atoms with Crippen LogP contribution in [0, 0.1) is 19.8 Å². The van der Waals surface area contributed by atoms with Crippen LogP contribution in [0.2, 0.25) is 0 Å². The summed E-state index contributed by atoms with van der Waals surface area (Å²) in [7, 11) is 0. The molecule has 0 saturated heterocycles. The first-order valence-electron chi connectivity index (χ1n) is 6.86. The Morgan fingerprint density at radius 1 is 1.29 bits per heavy atom. The van der Waals surface area contributed by atoms with Gasteiger partial charge >= 0.3 is 0 Å². The third kappa shape index (κ3) is 2.89. The third-order valence-corrected chi connectivity index (χ3v) is 4.12. The van der Waals surface area contributed by atoms with Crippen LogP contribution in [0.1, 0.15) is 49.1 Å². The van der Waals surface area contributed by atoms with Crippen molar-refractivity contribution in [1.29, 1.82) is 0 Å². The van der Waals surface area contributed by atoms with Crippen LogP contribution in [-0.4, -0.2) is 21.5 Å². The normalized spacial score (nSPS) is 16.9. The van der Waals surface area contributed by atoms with E-state index in [0.717, 1.165) is 24.6 Å². The van der Waals surface area contributed by atoms with Crippen molar-refractivity contribution in [2.24, 2.45) is 5.92 Å². The van der Waals surface area contributed by atoms with Gasteiger partial charge in [-0.25, -0.2) is 0 Å². The van der Waals surface area contributed by atoms with Gasteiger partial charge in [0.25, 0.3) is 0 Å². The maximum Gasteiger partial charge on any atom is 0.0629 e. The van der Waals surface area contributed by atoms with E-state index in [0.29, 0.717) is 0 Å². The zero-order valence-corrected chi connectivity index (χ0v) is 11.1. The first kappa shape index (κ1) is 12.6. The number of aryl methyl sites for hydroxylation is 2. The molecule has 17 heavy (non-hydrogen) atoms. The molecule has 0 radical (unpaired) electrons. The van der Waals surface area contributed by atoms with E-state index in [9.17, 15) is 0 Å². The number of aliphatic hydroxyl groups excluding tert-OH is 1. The summed E-state index contributed by atoms with van der Waals surface area (Å²) in [5.74, 6) is 0.917. The average Bonchev–Trinajstić information content (AvgIpc) is 2.90. The highest BCUT2D eigenvalue weighted by atomic mass is 16.2. The van der Waals surface area contributed by atoms with E-state index in [1.165, 1.54) is 43.4 Å². The van der Waals surface area contributed by atoms with Crippen LogP contribution in [0.5, 0.6) is 0 Å². The molecule has 0 aliphatic heterocycles. The lowest BCUT2D eigenvalue weighted by Crippen LogP contribution is -2.07. The summed E-state index contributed by atoms with van der Waals surface area (Å²) in [6.07, 6.45) is 7.64. The average molecular weight is 236 g/mol. The van der Waals surface area contributed by atoms with Gasteiger partial charge in [-0.2, -0.15) is 5.10 Å². The van der Waals surface area contributed by atoms with E-state index in [1.807, 2.05) is 6.92 Å². The zero-order valence-electron chi connectivity index (χ0n) is 11.1. The summed E-state index contributed by atoms with van der Waals surface area (Å²) in [5, 5.41) is 13.6. The second-order valence-electron chi connectivity index (χ2n) is 5.29. The molecule has 0 atom stereocenters. The van der Waals surface area contributed by atoms with Crippen molar-refractivity contribution in [2.75, 3.05) is 6.61 Å².